The van der Waals surface area contributed by atoms with Crippen LogP contribution in [0.1, 0.15) is 277 Å². The summed E-state index contributed by atoms with van der Waals surface area (Å²) in [4.78, 5) is 24.5. The number of carbonyl (C=O) groups excluding carboxylic acids is 2. The molecule has 0 aliphatic rings. The summed E-state index contributed by atoms with van der Waals surface area (Å²) in [6, 6.07) is -0.560. The fourth-order valence-corrected chi connectivity index (χ4v) is 7.92. The second kappa shape index (κ2) is 49.0. The molecule has 59 heavy (non-hydrogen) atoms. The maximum absolute atomic E-state index is 12.4. The largest absolute Gasteiger partial charge is 0.466 e. The zero-order chi connectivity index (χ0) is 43.0. The van der Waals surface area contributed by atoms with E-state index in [0.29, 0.717) is 25.9 Å². The first-order valence-electron chi connectivity index (χ1n) is 26.1. The minimum atomic E-state index is -0.680. The average Bonchev–Trinajstić information content (AvgIpc) is 3.24. The van der Waals surface area contributed by atoms with Gasteiger partial charge < -0.3 is 20.3 Å². The van der Waals surface area contributed by atoms with E-state index in [1.807, 2.05) is 0 Å². The molecule has 3 N–H and O–H groups in total. The zero-order valence-corrected chi connectivity index (χ0v) is 39.5. The number of amides is 1. The van der Waals surface area contributed by atoms with Crippen LogP contribution in [0, 0.1) is 0 Å². The van der Waals surface area contributed by atoms with Crippen LogP contribution in [0.15, 0.2) is 24.3 Å². The van der Waals surface area contributed by atoms with Crippen LogP contribution in [0.4, 0.5) is 0 Å². The van der Waals surface area contributed by atoms with E-state index in [1.54, 1.807) is 0 Å². The summed E-state index contributed by atoms with van der Waals surface area (Å²) in [5.41, 5.74) is 0. The van der Waals surface area contributed by atoms with Crippen molar-refractivity contribution in [1.82, 2.24) is 5.32 Å². The van der Waals surface area contributed by atoms with Gasteiger partial charge in [-0.25, -0.2) is 0 Å². The molecule has 0 saturated heterocycles. The van der Waals surface area contributed by atoms with Gasteiger partial charge in [-0.2, -0.15) is 0 Å². The van der Waals surface area contributed by atoms with Gasteiger partial charge in [0.25, 0.3) is 0 Å². The van der Waals surface area contributed by atoms with Crippen LogP contribution >= 0.6 is 0 Å². The van der Waals surface area contributed by atoms with Crippen molar-refractivity contribution in [3.63, 3.8) is 0 Å². The summed E-state index contributed by atoms with van der Waals surface area (Å²) >= 11 is 0. The Bertz CT molecular complexity index is 920. The number of unbranched alkanes of at least 4 members (excludes halogenated alkanes) is 33. The van der Waals surface area contributed by atoms with Crippen molar-refractivity contribution in [2.24, 2.45) is 0 Å². The Morgan fingerprint density at radius 2 is 0.797 bits per heavy atom. The van der Waals surface area contributed by atoms with E-state index in [-0.39, 0.29) is 18.5 Å². The second-order valence-corrected chi connectivity index (χ2v) is 17.8. The molecule has 0 spiro atoms. The van der Waals surface area contributed by atoms with Gasteiger partial charge in [0.1, 0.15) is 0 Å². The molecule has 0 aliphatic carbocycles. The molecule has 0 bridgehead atoms. The number of ether oxygens (including phenoxy) is 1. The standard InChI is InChI=1S/C53H101NO5/c1-3-5-7-9-11-13-15-17-19-20-21-25-29-33-37-41-45-51(56)50(49-55)54-52(57)46-42-38-34-30-26-23-24-28-32-36-40-44-48-59-53(58)47-43-39-35-31-27-22-18-16-14-12-10-8-6-4-2/h16,18,24,28,50-51,55-56H,3-15,17,19-23,25-27,29-49H2,1-2H3,(H,54,57)/b18-16-,28-24-. The fourth-order valence-electron chi connectivity index (χ4n) is 7.92. The van der Waals surface area contributed by atoms with Crippen LogP contribution in [-0.4, -0.2) is 47.4 Å². The average molecular weight is 832 g/mol. The summed E-state index contributed by atoms with van der Waals surface area (Å²) in [5.74, 6) is -0.0917. The Morgan fingerprint density at radius 3 is 1.20 bits per heavy atom. The van der Waals surface area contributed by atoms with Gasteiger partial charge in [-0.1, -0.05) is 205 Å². The van der Waals surface area contributed by atoms with Gasteiger partial charge in [0.2, 0.25) is 5.91 Å². The van der Waals surface area contributed by atoms with Crippen LogP contribution in [0.2, 0.25) is 0 Å². The third-order valence-electron chi connectivity index (χ3n) is 12.0. The quantitative estimate of drug-likeness (QED) is 0.0322. The first-order chi connectivity index (χ1) is 29.0. The molecule has 1 amide bonds. The highest BCUT2D eigenvalue weighted by Gasteiger charge is 2.20. The topological polar surface area (TPSA) is 95.9 Å². The van der Waals surface area contributed by atoms with E-state index in [4.69, 9.17) is 4.74 Å². The molecule has 348 valence electrons. The molecule has 6 heteroatoms. The highest BCUT2D eigenvalue weighted by Crippen LogP contribution is 2.16. The van der Waals surface area contributed by atoms with Crippen molar-refractivity contribution in [3.8, 4) is 0 Å². The molecule has 0 radical (unpaired) electrons. The summed E-state index contributed by atoms with van der Waals surface area (Å²) in [7, 11) is 0. The number of carbonyl (C=O) groups is 2. The molecular formula is C53H101NO5. The van der Waals surface area contributed by atoms with Crippen molar-refractivity contribution in [3.05, 3.63) is 24.3 Å². The smallest absolute Gasteiger partial charge is 0.305 e. The lowest BCUT2D eigenvalue weighted by Crippen LogP contribution is -2.45. The summed E-state index contributed by atoms with van der Waals surface area (Å²) in [6.45, 7) is 4.88. The predicted octanol–water partition coefficient (Wildman–Crippen LogP) is 15.5. The molecule has 0 aromatic carbocycles. The van der Waals surface area contributed by atoms with Crippen molar-refractivity contribution in [2.45, 2.75) is 289 Å². The number of rotatable bonds is 48. The van der Waals surface area contributed by atoms with Crippen molar-refractivity contribution in [2.75, 3.05) is 13.2 Å². The van der Waals surface area contributed by atoms with Crippen molar-refractivity contribution >= 4 is 11.9 Å². The van der Waals surface area contributed by atoms with Gasteiger partial charge in [0.15, 0.2) is 0 Å². The van der Waals surface area contributed by atoms with E-state index in [1.165, 1.54) is 167 Å². The summed E-state index contributed by atoms with van der Waals surface area (Å²) < 4.78 is 5.44. The normalized spacial score (nSPS) is 12.8. The fraction of sp³-hybridized carbons (Fsp3) is 0.887. The first kappa shape index (κ1) is 57.3. The second-order valence-electron chi connectivity index (χ2n) is 17.8. The van der Waals surface area contributed by atoms with Gasteiger partial charge in [-0.05, 0) is 83.5 Å². The van der Waals surface area contributed by atoms with Crippen LogP contribution in [-0.2, 0) is 14.3 Å². The van der Waals surface area contributed by atoms with E-state index in [0.717, 1.165) is 77.0 Å². The molecule has 6 nitrogen and oxygen atoms in total. The van der Waals surface area contributed by atoms with Crippen LogP contribution < -0.4 is 5.32 Å². The Kier molecular flexibility index (Phi) is 47.6. The number of aliphatic hydroxyl groups is 2. The molecule has 0 aliphatic heterocycles. The van der Waals surface area contributed by atoms with Crippen LogP contribution in [0.5, 0.6) is 0 Å². The highest BCUT2D eigenvalue weighted by atomic mass is 16.5. The lowest BCUT2D eigenvalue weighted by atomic mass is 10.0. The van der Waals surface area contributed by atoms with E-state index in [2.05, 4.69) is 43.5 Å². The Labute approximate surface area is 367 Å². The van der Waals surface area contributed by atoms with E-state index < -0.39 is 12.1 Å². The molecule has 2 atom stereocenters. The Balaban J connectivity index is 3.51. The number of hydrogen-bond acceptors (Lipinski definition) is 5. The number of allylic oxidation sites excluding steroid dienone is 4. The number of aliphatic hydroxyl groups excluding tert-OH is 2. The molecule has 0 saturated carbocycles. The maximum atomic E-state index is 12.4. The molecule has 0 heterocycles. The zero-order valence-electron chi connectivity index (χ0n) is 39.5. The number of esters is 1. The summed E-state index contributed by atoms with van der Waals surface area (Å²) in [5, 5.41) is 23.2. The van der Waals surface area contributed by atoms with Gasteiger partial charge in [0.05, 0.1) is 25.4 Å². The number of hydrogen-bond donors (Lipinski definition) is 3. The third-order valence-corrected chi connectivity index (χ3v) is 12.0. The van der Waals surface area contributed by atoms with E-state index in [9.17, 15) is 19.8 Å². The van der Waals surface area contributed by atoms with Crippen molar-refractivity contribution < 1.29 is 24.5 Å². The molecular weight excluding hydrogens is 731 g/mol. The van der Waals surface area contributed by atoms with Crippen molar-refractivity contribution in [1.29, 1.82) is 0 Å². The third kappa shape index (κ3) is 45.7. The van der Waals surface area contributed by atoms with Gasteiger partial charge in [-0.15, -0.1) is 0 Å². The van der Waals surface area contributed by atoms with Crippen LogP contribution in [0.25, 0.3) is 0 Å². The lowest BCUT2D eigenvalue weighted by Gasteiger charge is -2.22. The van der Waals surface area contributed by atoms with Gasteiger partial charge in [-0.3, -0.25) is 9.59 Å². The Hall–Kier alpha value is -1.66. The minimum Gasteiger partial charge on any atom is -0.466 e. The van der Waals surface area contributed by atoms with Gasteiger partial charge in [0, 0.05) is 12.8 Å². The Morgan fingerprint density at radius 1 is 0.458 bits per heavy atom. The molecule has 0 rings (SSSR count). The maximum Gasteiger partial charge on any atom is 0.305 e. The molecule has 2 unspecified atom stereocenters. The molecule has 0 aromatic rings. The molecule has 0 aromatic heterocycles. The number of nitrogens with one attached hydrogen (secondary N) is 1. The lowest BCUT2D eigenvalue weighted by molar-refractivity contribution is -0.143. The monoisotopic (exact) mass is 832 g/mol. The minimum absolute atomic E-state index is 0.0313. The van der Waals surface area contributed by atoms with Crippen LogP contribution in [0.3, 0.4) is 0 Å². The first-order valence-corrected chi connectivity index (χ1v) is 26.1. The van der Waals surface area contributed by atoms with Gasteiger partial charge >= 0.3 is 5.97 Å². The summed E-state index contributed by atoms with van der Waals surface area (Å²) in [6.07, 6.45) is 57.2. The predicted molar refractivity (Wildman–Crippen MR) is 255 cm³/mol. The highest BCUT2D eigenvalue weighted by molar-refractivity contribution is 5.76. The molecule has 0 fully saturated rings. The van der Waals surface area contributed by atoms with E-state index >= 15 is 0 Å². The SMILES string of the molecule is CCCCCCC/C=C\CCCCCCCC(=O)OCCCCC/C=C\CCCCCCCC(=O)NC(CO)C(O)CCCCCCCCCCCCCCCCCC.